The average Bonchev–Trinajstić information content (AvgIpc) is 2.75. The highest BCUT2D eigenvalue weighted by atomic mass is 32.1. The molecule has 1 unspecified atom stereocenters. The van der Waals surface area contributed by atoms with Gasteiger partial charge in [-0.05, 0) is 12.3 Å². The molecule has 0 radical (unpaired) electrons. The first-order valence-corrected chi connectivity index (χ1v) is 5.68. The largest absolute Gasteiger partial charge is 0.381 e. The monoisotopic (exact) mass is 197 g/mol. The molecular weight excluding hydrogens is 182 g/mol. The third kappa shape index (κ3) is 1.92. The molecule has 0 aromatic carbocycles. The number of hydrogen-bond acceptors (Lipinski definition) is 3. The molecule has 0 saturated carbocycles. The zero-order chi connectivity index (χ0) is 9.26. The van der Waals surface area contributed by atoms with E-state index in [1.165, 1.54) is 10.7 Å². The fourth-order valence-corrected chi connectivity index (χ4v) is 2.59. The first-order valence-electron chi connectivity index (χ1n) is 4.80. The molecule has 1 fully saturated rings. The van der Waals surface area contributed by atoms with Crippen LogP contribution in [0.15, 0.2) is 5.38 Å². The molecule has 1 aliphatic rings. The van der Waals surface area contributed by atoms with Gasteiger partial charge in [-0.3, -0.25) is 0 Å². The lowest BCUT2D eigenvalue weighted by molar-refractivity contribution is 0.194. The molecule has 0 spiro atoms. The molecule has 1 atom stereocenters. The van der Waals surface area contributed by atoms with Crippen LogP contribution in [0, 0.1) is 0 Å². The van der Waals surface area contributed by atoms with E-state index in [0.717, 1.165) is 19.6 Å². The van der Waals surface area contributed by atoms with Crippen molar-refractivity contribution in [2.24, 2.45) is 0 Å². The van der Waals surface area contributed by atoms with Crippen LogP contribution >= 0.6 is 11.3 Å². The van der Waals surface area contributed by atoms with E-state index in [2.05, 4.69) is 24.2 Å². The average molecular weight is 197 g/mol. The van der Waals surface area contributed by atoms with E-state index >= 15 is 0 Å². The maximum atomic E-state index is 5.35. The summed E-state index contributed by atoms with van der Waals surface area (Å²) in [6.45, 7) is 6.14. The van der Waals surface area contributed by atoms with Gasteiger partial charge in [0.2, 0.25) is 0 Å². The maximum absolute atomic E-state index is 5.35. The second kappa shape index (κ2) is 3.76. The predicted molar refractivity (Wildman–Crippen MR) is 54.4 cm³/mol. The van der Waals surface area contributed by atoms with E-state index in [1.54, 1.807) is 11.3 Å². The zero-order valence-electron chi connectivity index (χ0n) is 8.12. The topological polar surface area (TPSA) is 22.1 Å². The molecule has 0 aliphatic carbocycles. The van der Waals surface area contributed by atoms with Crippen molar-refractivity contribution in [3.05, 3.63) is 16.1 Å². The van der Waals surface area contributed by atoms with Gasteiger partial charge in [0, 0.05) is 17.9 Å². The lowest BCUT2D eigenvalue weighted by atomic mass is 10.1. The quantitative estimate of drug-likeness (QED) is 0.727. The minimum absolute atomic E-state index is 0.548. The Balaban J connectivity index is 2.12. The number of ether oxygens (including phenoxy) is 1. The SMILES string of the molecule is CC(C)c1csc(C2CCOC2)n1. The van der Waals surface area contributed by atoms with Crippen LogP contribution in [0.1, 0.15) is 42.8 Å². The Morgan fingerprint density at radius 3 is 3.00 bits per heavy atom. The van der Waals surface area contributed by atoms with Gasteiger partial charge in [0.15, 0.2) is 0 Å². The van der Waals surface area contributed by atoms with Crippen LogP contribution in [0.25, 0.3) is 0 Å². The van der Waals surface area contributed by atoms with Crippen molar-refractivity contribution in [3.63, 3.8) is 0 Å². The van der Waals surface area contributed by atoms with Crippen molar-refractivity contribution in [1.82, 2.24) is 4.98 Å². The summed E-state index contributed by atoms with van der Waals surface area (Å²) >= 11 is 1.78. The van der Waals surface area contributed by atoms with Crippen LogP contribution < -0.4 is 0 Å². The number of rotatable bonds is 2. The molecule has 0 bridgehead atoms. The minimum Gasteiger partial charge on any atom is -0.381 e. The highest BCUT2D eigenvalue weighted by Crippen LogP contribution is 2.29. The van der Waals surface area contributed by atoms with E-state index in [1.807, 2.05) is 0 Å². The van der Waals surface area contributed by atoms with Gasteiger partial charge < -0.3 is 4.74 Å². The van der Waals surface area contributed by atoms with Crippen molar-refractivity contribution in [2.45, 2.75) is 32.1 Å². The molecule has 2 nitrogen and oxygen atoms in total. The molecular formula is C10H15NOS. The highest BCUT2D eigenvalue weighted by molar-refractivity contribution is 7.09. The maximum Gasteiger partial charge on any atom is 0.0983 e. The van der Waals surface area contributed by atoms with Gasteiger partial charge in [-0.2, -0.15) is 0 Å². The Hall–Kier alpha value is -0.410. The number of thiazole rings is 1. The van der Waals surface area contributed by atoms with Gasteiger partial charge in [0.05, 0.1) is 17.3 Å². The number of nitrogens with zero attached hydrogens (tertiary/aromatic N) is 1. The summed E-state index contributed by atoms with van der Waals surface area (Å²) in [4.78, 5) is 4.63. The normalized spacial score (nSPS) is 22.8. The van der Waals surface area contributed by atoms with Gasteiger partial charge in [-0.1, -0.05) is 13.8 Å². The molecule has 1 aromatic heterocycles. The molecule has 1 aliphatic heterocycles. The van der Waals surface area contributed by atoms with Crippen LogP contribution in [0.3, 0.4) is 0 Å². The summed E-state index contributed by atoms with van der Waals surface area (Å²) < 4.78 is 5.35. The minimum atomic E-state index is 0.548. The van der Waals surface area contributed by atoms with E-state index in [-0.39, 0.29) is 0 Å². The Labute approximate surface area is 83.0 Å². The van der Waals surface area contributed by atoms with Crippen molar-refractivity contribution in [1.29, 1.82) is 0 Å². The lowest BCUT2D eigenvalue weighted by Gasteiger charge is -2.02. The third-order valence-electron chi connectivity index (χ3n) is 2.41. The fraction of sp³-hybridized carbons (Fsp3) is 0.700. The Morgan fingerprint density at radius 2 is 2.46 bits per heavy atom. The lowest BCUT2D eigenvalue weighted by Crippen LogP contribution is -1.97. The molecule has 72 valence electrons. The molecule has 0 N–H and O–H groups in total. The molecule has 2 rings (SSSR count). The molecule has 2 heterocycles. The van der Waals surface area contributed by atoms with Gasteiger partial charge in [0.25, 0.3) is 0 Å². The van der Waals surface area contributed by atoms with E-state index in [4.69, 9.17) is 4.74 Å². The standard InChI is InChI=1S/C10H15NOS/c1-7(2)9-6-13-10(11-9)8-3-4-12-5-8/h6-8H,3-5H2,1-2H3. The molecule has 0 amide bonds. The summed E-state index contributed by atoms with van der Waals surface area (Å²) in [5.74, 6) is 1.12. The molecule has 1 aromatic rings. The van der Waals surface area contributed by atoms with Gasteiger partial charge in [0.1, 0.15) is 0 Å². The van der Waals surface area contributed by atoms with Crippen LogP contribution in [-0.2, 0) is 4.74 Å². The Bertz CT molecular complexity index is 276. The highest BCUT2D eigenvalue weighted by Gasteiger charge is 2.21. The summed E-state index contributed by atoms with van der Waals surface area (Å²) in [7, 11) is 0. The van der Waals surface area contributed by atoms with Crippen molar-refractivity contribution in [2.75, 3.05) is 13.2 Å². The first-order chi connectivity index (χ1) is 6.27. The smallest absolute Gasteiger partial charge is 0.0983 e. The number of aromatic nitrogens is 1. The van der Waals surface area contributed by atoms with Crippen LogP contribution in [-0.4, -0.2) is 18.2 Å². The molecule has 3 heteroatoms. The fourth-order valence-electron chi connectivity index (χ4n) is 1.48. The molecule has 1 saturated heterocycles. The van der Waals surface area contributed by atoms with Crippen LogP contribution in [0.5, 0.6) is 0 Å². The summed E-state index contributed by atoms with van der Waals surface area (Å²) in [5, 5.41) is 3.44. The first kappa shape index (κ1) is 9.16. The van der Waals surface area contributed by atoms with E-state index in [9.17, 15) is 0 Å². The van der Waals surface area contributed by atoms with Gasteiger partial charge in [-0.25, -0.2) is 4.98 Å². The predicted octanol–water partition coefficient (Wildman–Crippen LogP) is 2.77. The van der Waals surface area contributed by atoms with E-state index < -0.39 is 0 Å². The van der Waals surface area contributed by atoms with Crippen molar-refractivity contribution in [3.8, 4) is 0 Å². The Kier molecular flexibility index (Phi) is 2.65. The number of hydrogen-bond donors (Lipinski definition) is 0. The van der Waals surface area contributed by atoms with Crippen molar-refractivity contribution >= 4 is 11.3 Å². The van der Waals surface area contributed by atoms with Crippen LogP contribution in [0.2, 0.25) is 0 Å². The summed E-state index contributed by atoms with van der Waals surface area (Å²) in [5.41, 5.74) is 1.23. The zero-order valence-corrected chi connectivity index (χ0v) is 8.93. The second-order valence-corrected chi connectivity index (χ2v) is 4.72. The summed E-state index contributed by atoms with van der Waals surface area (Å²) in [6.07, 6.45) is 1.14. The van der Waals surface area contributed by atoms with Crippen molar-refractivity contribution < 1.29 is 4.74 Å². The van der Waals surface area contributed by atoms with Gasteiger partial charge >= 0.3 is 0 Å². The second-order valence-electron chi connectivity index (χ2n) is 3.83. The van der Waals surface area contributed by atoms with Crippen LogP contribution in [0.4, 0.5) is 0 Å². The Morgan fingerprint density at radius 1 is 1.62 bits per heavy atom. The summed E-state index contributed by atoms with van der Waals surface area (Å²) in [6, 6.07) is 0. The van der Waals surface area contributed by atoms with E-state index in [0.29, 0.717) is 11.8 Å². The van der Waals surface area contributed by atoms with Gasteiger partial charge in [-0.15, -0.1) is 11.3 Å². The third-order valence-corrected chi connectivity index (χ3v) is 3.44. The molecule has 13 heavy (non-hydrogen) atoms.